The zero-order valence-corrected chi connectivity index (χ0v) is 16.1. The average Bonchev–Trinajstić information content (AvgIpc) is 2.77. The largest absolute Gasteiger partial charge is 0.487 e. The van der Waals surface area contributed by atoms with Gasteiger partial charge in [-0.1, -0.05) is 41.9 Å². The fraction of sp³-hybridized carbons (Fsp3) is 0.0455. The Morgan fingerprint density at radius 1 is 0.839 bits per heavy atom. The Kier molecular flexibility index (Phi) is 5.41. The first-order valence-electron chi connectivity index (χ1n) is 8.74. The molecule has 0 N–H and O–H groups in total. The van der Waals surface area contributed by atoms with Crippen molar-refractivity contribution in [3.8, 4) is 16.9 Å². The summed E-state index contributed by atoms with van der Waals surface area (Å²) >= 11 is 6.20. The molecule has 31 heavy (non-hydrogen) atoms. The van der Waals surface area contributed by atoms with Crippen molar-refractivity contribution < 1.29 is 31.1 Å². The maximum absolute atomic E-state index is 13.9. The van der Waals surface area contributed by atoms with Gasteiger partial charge in [-0.2, -0.15) is 0 Å². The lowest BCUT2D eigenvalue weighted by Crippen LogP contribution is -2.10. The Morgan fingerprint density at radius 2 is 1.45 bits per heavy atom. The Hall–Kier alpha value is -3.39. The van der Waals surface area contributed by atoms with Gasteiger partial charge in [0.15, 0.2) is 23.3 Å². The number of ether oxygens (including phenoxy) is 1. The minimum atomic E-state index is -2.27. The van der Waals surface area contributed by atoms with Gasteiger partial charge in [-0.15, -0.1) is 0 Å². The lowest BCUT2D eigenvalue weighted by atomic mass is 10.0. The van der Waals surface area contributed by atoms with Gasteiger partial charge in [0.25, 0.3) is 0 Å². The van der Waals surface area contributed by atoms with E-state index in [1.165, 1.54) is 18.2 Å². The highest BCUT2D eigenvalue weighted by Crippen LogP contribution is 2.35. The summed E-state index contributed by atoms with van der Waals surface area (Å²) in [6.45, 7) is -1.00. The molecule has 0 aliphatic rings. The van der Waals surface area contributed by atoms with Gasteiger partial charge in [-0.05, 0) is 17.2 Å². The molecule has 0 aliphatic heterocycles. The molecule has 0 amide bonds. The number of fused-ring (bicyclic) bond motifs is 1. The summed E-state index contributed by atoms with van der Waals surface area (Å²) in [6.07, 6.45) is 0. The van der Waals surface area contributed by atoms with E-state index >= 15 is 0 Å². The molecule has 0 aliphatic carbocycles. The molecule has 0 saturated heterocycles. The first kappa shape index (κ1) is 20.9. The van der Waals surface area contributed by atoms with E-state index in [0.717, 1.165) is 0 Å². The molecule has 3 aromatic carbocycles. The predicted molar refractivity (Wildman–Crippen MR) is 103 cm³/mol. The van der Waals surface area contributed by atoms with Crippen LogP contribution in [-0.2, 0) is 6.61 Å². The van der Waals surface area contributed by atoms with Gasteiger partial charge in [0.2, 0.25) is 5.82 Å². The van der Waals surface area contributed by atoms with Gasteiger partial charge in [-0.3, -0.25) is 0 Å². The third-order valence-corrected chi connectivity index (χ3v) is 4.85. The number of hydrogen-bond donors (Lipinski definition) is 0. The molecule has 9 heteroatoms. The Morgan fingerprint density at radius 3 is 2.10 bits per heavy atom. The summed E-state index contributed by atoms with van der Waals surface area (Å²) in [5, 5.41) is 0.432. The van der Waals surface area contributed by atoms with Crippen molar-refractivity contribution in [3.63, 3.8) is 0 Å². The van der Waals surface area contributed by atoms with Crippen LogP contribution in [0, 0.1) is 29.1 Å². The second-order valence-corrected chi connectivity index (χ2v) is 6.87. The molecule has 0 fully saturated rings. The van der Waals surface area contributed by atoms with Crippen LogP contribution in [0.3, 0.4) is 0 Å². The van der Waals surface area contributed by atoms with E-state index in [-0.39, 0.29) is 16.4 Å². The van der Waals surface area contributed by atoms with Crippen LogP contribution >= 0.6 is 11.6 Å². The first-order valence-corrected chi connectivity index (χ1v) is 9.11. The summed E-state index contributed by atoms with van der Waals surface area (Å²) in [5.74, 6) is -10.6. The fourth-order valence-corrected chi connectivity index (χ4v) is 3.28. The Bertz CT molecular complexity index is 1340. The van der Waals surface area contributed by atoms with Crippen molar-refractivity contribution in [1.82, 2.24) is 0 Å². The fourth-order valence-electron chi connectivity index (χ4n) is 3.06. The number of halogens is 6. The molecule has 0 saturated carbocycles. The van der Waals surface area contributed by atoms with Crippen LogP contribution in [0.1, 0.15) is 5.56 Å². The molecular weight excluding hydrogens is 443 g/mol. The van der Waals surface area contributed by atoms with Crippen LogP contribution in [0.25, 0.3) is 22.1 Å². The monoisotopic (exact) mass is 452 g/mol. The first-order chi connectivity index (χ1) is 14.8. The van der Waals surface area contributed by atoms with E-state index in [4.69, 9.17) is 20.8 Å². The van der Waals surface area contributed by atoms with Crippen molar-refractivity contribution in [1.29, 1.82) is 0 Å². The van der Waals surface area contributed by atoms with Gasteiger partial charge < -0.3 is 9.15 Å². The van der Waals surface area contributed by atoms with Gasteiger partial charge in [-0.25, -0.2) is 26.7 Å². The van der Waals surface area contributed by atoms with E-state index in [1.54, 1.807) is 30.3 Å². The molecule has 158 valence electrons. The quantitative estimate of drug-likeness (QED) is 0.156. The molecule has 0 spiro atoms. The number of hydrogen-bond acceptors (Lipinski definition) is 3. The van der Waals surface area contributed by atoms with Gasteiger partial charge in [0, 0.05) is 17.5 Å². The van der Waals surface area contributed by atoms with E-state index in [1.807, 2.05) is 0 Å². The maximum Gasteiger partial charge on any atom is 0.336 e. The zero-order chi connectivity index (χ0) is 22.3. The van der Waals surface area contributed by atoms with Crippen molar-refractivity contribution in [2.24, 2.45) is 0 Å². The smallest absolute Gasteiger partial charge is 0.336 e. The molecule has 4 aromatic rings. The highest BCUT2D eigenvalue weighted by Gasteiger charge is 2.26. The van der Waals surface area contributed by atoms with Gasteiger partial charge in [0.1, 0.15) is 17.9 Å². The molecule has 0 atom stereocenters. The van der Waals surface area contributed by atoms with E-state index < -0.39 is 46.9 Å². The standard InChI is InChI=1S/C22H10ClF5O3/c23-14-6-12-11(10-4-2-1-3-5-10)7-17(29)31-15(12)8-16(14)30-9-13-18(24)20(26)22(28)21(27)19(13)25/h1-8H,9H2. The van der Waals surface area contributed by atoms with Crippen molar-refractivity contribution in [3.05, 3.63) is 98.6 Å². The summed E-state index contributed by atoms with van der Waals surface area (Å²) in [7, 11) is 0. The Labute approximate surface area is 176 Å². The topological polar surface area (TPSA) is 39.4 Å². The van der Waals surface area contributed by atoms with Crippen molar-refractivity contribution >= 4 is 22.6 Å². The van der Waals surface area contributed by atoms with Crippen LogP contribution in [0.5, 0.6) is 5.75 Å². The third kappa shape index (κ3) is 3.74. The second-order valence-electron chi connectivity index (χ2n) is 6.46. The zero-order valence-electron chi connectivity index (χ0n) is 15.3. The van der Waals surface area contributed by atoms with Gasteiger partial charge in [0.05, 0.1) is 10.6 Å². The molecular formula is C22H10ClF5O3. The molecule has 0 unspecified atom stereocenters. The molecule has 1 aromatic heterocycles. The molecule has 0 radical (unpaired) electrons. The highest BCUT2D eigenvalue weighted by molar-refractivity contribution is 6.33. The SMILES string of the molecule is O=c1cc(-c2ccccc2)c2cc(Cl)c(OCc3c(F)c(F)c(F)c(F)c3F)cc2o1. The number of benzene rings is 3. The normalized spacial score (nSPS) is 11.2. The van der Waals surface area contributed by atoms with Crippen LogP contribution in [0.2, 0.25) is 5.02 Å². The maximum atomic E-state index is 13.9. The minimum Gasteiger partial charge on any atom is -0.487 e. The summed E-state index contributed by atoms with van der Waals surface area (Å²) in [5.41, 5.74) is -0.527. The molecule has 3 nitrogen and oxygen atoms in total. The third-order valence-electron chi connectivity index (χ3n) is 4.55. The van der Waals surface area contributed by atoms with Gasteiger partial charge >= 0.3 is 5.63 Å². The van der Waals surface area contributed by atoms with Crippen LogP contribution in [0.4, 0.5) is 22.0 Å². The summed E-state index contributed by atoms with van der Waals surface area (Å²) < 4.78 is 78.0. The van der Waals surface area contributed by atoms with Crippen LogP contribution in [-0.4, -0.2) is 0 Å². The molecule has 4 rings (SSSR count). The lowest BCUT2D eigenvalue weighted by molar-refractivity contribution is 0.279. The summed E-state index contributed by atoms with van der Waals surface area (Å²) in [4.78, 5) is 12.0. The average molecular weight is 453 g/mol. The Balaban J connectivity index is 1.76. The van der Waals surface area contributed by atoms with E-state index in [2.05, 4.69) is 0 Å². The van der Waals surface area contributed by atoms with Crippen LogP contribution in [0.15, 0.2) is 57.7 Å². The molecule has 0 bridgehead atoms. The predicted octanol–water partition coefficient (Wildman–Crippen LogP) is 6.39. The molecule has 1 heterocycles. The van der Waals surface area contributed by atoms with Crippen molar-refractivity contribution in [2.45, 2.75) is 6.61 Å². The highest BCUT2D eigenvalue weighted by atomic mass is 35.5. The summed E-state index contributed by atoms with van der Waals surface area (Å²) in [6, 6.07) is 12.8. The van der Waals surface area contributed by atoms with Crippen LogP contribution < -0.4 is 10.4 Å². The van der Waals surface area contributed by atoms with E-state index in [0.29, 0.717) is 16.5 Å². The van der Waals surface area contributed by atoms with Crippen molar-refractivity contribution in [2.75, 3.05) is 0 Å². The lowest BCUT2D eigenvalue weighted by Gasteiger charge is -2.13. The minimum absolute atomic E-state index is 0.0256. The number of rotatable bonds is 4. The van der Waals surface area contributed by atoms with E-state index in [9.17, 15) is 26.7 Å². The second kappa shape index (κ2) is 8.03.